The van der Waals surface area contributed by atoms with Crippen molar-refractivity contribution in [3.63, 3.8) is 0 Å². The molecule has 25 heavy (non-hydrogen) atoms. The molecule has 1 N–H and O–H groups in total. The van der Waals surface area contributed by atoms with Crippen LogP contribution in [0.15, 0.2) is 41.6 Å². The van der Waals surface area contributed by atoms with E-state index in [1.807, 2.05) is 12.3 Å². The first kappa shape index (κ1) is 17.4. The molecular weight excluding hydrogens is 316 g/mol. The highest BCUT2D eigenvalue weighted by Gasteiger charge is 2.29. The Morgan fingerprint density at radius 3 is 3.00 bits per heavy atom. The number of carbonyl (C=O) groups is 1. The van der Waals surface area contributed by atoms with Crippen LogP contribution >= 0.6 is 0 Å². The minimum absolute atomic E-state index is 0.156. The molecule has 1 amide bonds. The van der Waals surface area contributed by atoms with Crippen LogP contribution in [0.1, 0.15) is 27.9 Å². The molecule has 6 heteroatoms. The standard InChI is InChI=1S/C19H24N4O2/c1-14-5-8-21-18(24)17(14)19(25)23-9-6-16(13-23)12-22(2)11-15-4-3-7-20-10-15/h3-5,7-8,10,16H,6,9,11-13H2,1-2H3,(H,21,24)/t16-/m1/s1. The molecule has 1 fully saturated rings. The third kappa shape index (κ3) is 4.14. The van der Waals surface area contributed by atoms with Crippen molar-refractivity contribution in [3.8, 4) is 0 Å². The molecule has 2 aromatic rings. The van der Waals surface area contributed by atoms with Gasteiger partial charge in [0.1, 0.15) is 5.56 Å². The maximum atomic E-state index is 12.7. The molecule has 132 valence electrons. The van der Waals surface area contributed by atoms with E-state index in [1.165, 1.54) is 5.56 Å². The van der Waals surface area contributed by atoms with E-state index in [9.17, 15) is 9.59 Å². The molecule has 0 spiro atoms. The molecule has 1 atom stereocenters. The number of nitrogens with zero attached hydrogens (tertiary/aromatic N) is 3. The Kier molecular flexibility index (Phi) is 5.28. The van der Waals surface area contributed by atoms with E-state index >= 15 is 0 Å². The zero-order valence-electron chi connectivity index (χ0n) is 14.7. The van der Waals surface area contributed by atoms with Crippen molar-refractivity contribution >= 4 is 5.91 Å². The normalized spacial score (nSPS) is 17.2. The fourth-order valence-electron chi connectivity index (χ4n) is 3.48. The minimum Gasteiger partial charge on any atom is -0.338 e. The molecule has 0 radical (unpaired) electrons. The molecule has 2 aromatic heterocycles. The van der Waals surface area contributed by atoms with Crippen molar-refractivity contribution in [2.45, 2.75) is 19.9 Å². The van der Waals surface area contributed by atoms with Gasteiger partial charge in [-0.1, -0.05) is 6.07 Å². The molecule has 6 nitrogen and oxygen atoms in total. The molecule has 0 unspecified atom stereocenters. The van der Waals surface area contributed by atoms with Crippen LogP contribution in [-0.2, 0) is 6.54 Å². The predicted molar refractivity (Wildman–Crippen MR) is 96.4 cm³/mol. The smallest absolute Gasteiger partial charge is 0.261 e. The lowest BCUT2D eigenvalue weighted by atomic mass is 10.1. The number of rotatable bonds is 5. The lowest BCUT2D eigenvalue weighted by Crippen LogP contribution is -2.35. The van der Waals surface area contributed by atoms with Gasteiger partial charge in [0.25, 0.3) is 11.5 Å². The first-order chi connectivity index (χ1) is 12.0. The van der Waals surface area contributed by atoms with Crippen LogP contribution in [-0.4, -0.2) is 52.4 Å². The average Bonchev–Trinajstić information content (AvgIpc) is 3.03. The zero-order valence-corrected chi connectivity index (χ0v) is 14.7. The number of hydrogen-bond donors (Lipinski definition) is 1. The van der Waals surface area contributed by atoms with Gasteiger partial charge in [0.15, 0.2) is 0 Å². The van der Waals surface area contributed by atoms with Crippen LogP contribution in [0.2, 0.25) is 0 Å². The SMILES string of the molecule is Cc1cc[nH]c(=O)c1C(=O)N1CC[C@H](CN(C)Cc2cccnc2)C1. The first-order valence-corrected chi connectivity index (χ1v) is 8.59. The topological polar surface area (TPSA) is 69.3 Å². The van der Waals surface area contributed by atoms with Crippen LogP contribution in [0.3, 0.4) is 0 Å². The van der Waals surface area contributed by atoms with E-state index in [4.69, 9.17) is 0 Å². The minimum atomic E-state index is -0.304. The lowest BCUT2D eigenvalue weighted by molar-refractivity contribution is 0.0781. The molecule has 0 aliphatic carbocycles. The van der Waals surface area contributed by atoms with Gasteiger partial charge in [0.05, 0.1) is 0 Å². The lowest BCUT2D eigenvalue weighted by Gasteiger charge is -2.21. The molecule has 0 bridgehead atoms. The summed E-state index contributed by atoms with van der Waals surface area (Å²) in [5.41, 5.74) is 1.88. The number of amides is 1. The molecule has 1 saturated heterocycles. The van der Waals surface area contributed by atoms with E-state index in [0.29, 0.717) is 19.0 Å². The molecule has 3 rings (SSSR count). The second-order valence-corrected chi connectivity index (χ2v) is 6.83. The van der Waals surface area contributed by atoms with E-state index < -0.39 is 0 Å². The van der Waals surface area contributed by atoms with Gasteiger partial charge in [0, 0.05) is 44.8 Å². The summed E-state index contributed by atoms with van der Waals surface area (Å²) in [7, 11) is 2.09. The van der Waals surface area contributed by atoms with E-state index in [2.05, 4.69) is 28.0 Å². The maximum absolute atomic E-state index is 12.7. The summed E-state index contributed by atoms with van der Waals surface area (Å²) in [5.74, 6) is 0.269. The quantitative estimate of drug-likeness (QED) is 0.899. The average molecular weight is 340 g/mol. The van der Waals surface area contributed by atoms with Crippen molar-refractivity contribution < 1.29 is 4.79 Å². The summed E-state index contributed by atoms with van der Waals surface area (Å²) in [6.45, 7) is 4.97. The van der Waals surface area contributed by atoms with Gasteiger partial charge < -0.3 is 14.8 Å². The second-order valence-electron chi connectivity index (χ2n) is 6.83. The fraction of sp³-hybridized carbons (Fsp3) is 0.421. The highest BCUT2D eigenvalue weighted by molar-refractivity contribution is 5.95. The van der Waals surface area contributed by atoms with Crippen LogP contribution in [0.4, 0.5) is 0 Å². The van der Waals surface area contributed by atoms with Gasteiger partial charge in [-0.05, 0) is 49.6 Å². The van der Waals surface area contributed by atoms with Gasteiger partial charge in [-0.15, -0.1) is 0 Å². The summed E-state index contributed by atoms with van der Waals surface area (Å²) in [6, 6.07) is 5.78. The number of carbonyl (C=O) groups excluding carboxylic acids is 1. The van der Waals surface area contributed by atoms with Crippen molar-refractivity contribution in [1.29, 1.82) is 0 Å². The Bertz CT molecular complexity index is 788. The van der Waals surface area contributed by atoms with Crippen LogP contribution < -0.4 is 5.56 Å². The summed E-state index contributed by atoms with van der Waals surface area (Å²) < 4.78 is 0. The Morgan fingerprint density at radius 2 is 2.28 bits per heavy atom. The Labute approximate surface area is 147 Å². The molecular formula is C19H24N4O2. The highest BCUT2D eigenvalue weighted by Crippen LogP contribution is 2.20. The zero-order chi connectivity index (χ0) is 17.8. The van der Waals surface area contributed by atoms with Crippen LogP contribution in [0.25, 0.3) is 0 Å². The van der Waals surface area contributed by atoms with Crippen LogP contribution in [0.5, 0.6) is 0 Å². The van der Waals surface area contributed by atoms with Gasteiger partial charge in [0.2, 0.25) is 0 Å². The number of aromatic nitrogens is 2. The number of nitrogens with one attached hydrogen (secondary N) is 1. The largest absolute Gasteiger partial charge is 0.338 e. The number of pyridine rings is 2. The van der Waals surface area contributed by atoms with Gasteiger partial charge >= 0.3 is 0 Å². The molecule has 0 aromatic carbocycles. The van der Waals surface area contributed by atoms with Crippen molar-refractivity contribution in [2.75, 3.05) is 26.7 Å². The summed E-state index contributed by atoms with van der Waals surface area (Å²) in [6.07, 6.45) is 6.20. The molecule has 3 heterocycles. The van der Waals surface area contributed by atoms with Gasteiger partial charge in [-0.3, -0.25) is 14.6 Å². The van der Waals surface area contributed by atoms with E-state index in [-0.39, 0.29) is 17.0 Å². The van der Waals surface area contributed by atoms with Gasteiger partial charge in [-0.2, -0.15) is 0 Å². The Balaban J connectivity index is 1.58. The van der Waals surface area contributed by atoms with E-state index in [1.54, 1.807) is 30.3 Å². The molecule has 1 aliphatic heterocycles. The second kappa shape index (κ2) is 7.61. The number of hydrogen-bond acceptors (Lipinski definition) is 4. The van der Waals surface area contributed by atoms with Crippen molar-refractivity contribution in [3.05, 3.63) is 63.8 Å². The summed E-state index contributed by atoms with van der Waals surface area (Å²) >= 11 is 0. The number of aromatic amines is 1. The third-order valence-corrected chi connectivity index (χ3v) is 4.70. The van der Waals surface area contributed by atoms with E-state index in [0.717, 1.165) is 25.1 Å². The highest BCUT2D eigenvalue weighted by atomic mass is 16.2. The molecule has 0 saturated carbocycles. The predicted octanol–water partition coefficient (Wildman–Crippen LogP) is 1.67. The molecule has 1 aliphatic rings. The van der Waals surface area contributed by atoms with Gasteiger partial charge in [-0.25, -0.2) is 0 Å². The van der Waals surface area contributed by atoms with Crippen molar-refractivity contribution in [2.24, 2.45) is 5.92 Å². The summed E-state index contributed by atoms with van der Waals surface area (Å²) in [5, 5.41) is 0. The number of likely N-dealkylation sites (tertiary alicyclic amines) is 1. The maximum Gasteiger partial charge on any atom is 0.261 e. The number of aryl methyl sites for hydroxylation is 1. The summed E-state index contributed by atoms with van der Waals surface area (Å²) in [4.78, 5) is 35.5. The number of H-pyrrole nitrogens is 1. The third-order valence-electron chi connectivity index (χ3n) is 4.70. The van der Waals surface area contributed by atoms with Crippen molar-refractivity contribution in [1.82, 2.24) is 19.8 Å². The van der Waals surface area contributed by atoms with Crippen LogP contribution in [0, 0.1) is 12.8 Å². The monoisotopic (exact) mass is 340 g/mol. The Hall–Kier alpha value is -2.47. The Morgan fingerprint density at radius 1 is 1.44 bits per heavy atom. The fourth-order valence-corrected chi connectivity index (χ4v) is 3.48. The first-order valence-electron chi connectivity index (χ1n) is 8.59.